The molecule has 2 amide bonds. The zero-order valence-electron chi connectivity index (χ0n) is 13.6. The van der Waals surface area contributed by atoms with Gasteiger partial charge in [0.2, 0.25) is 0 Å². The monoisotopic (exact) mass is 325 g/mol. The van der Waals surface area contributed by atoms with Crippen LogP contribution in [0.3, 0.4) is 0 Å². The fourth-order valence-corrected chi connectivity index (χ4v) is 3.64. The maximum absolute atomic E-state index is 13.7. The van der Waals surface area contributed by atoms with Crippen molar-refractivity contribution in [3.63, 3.8) is 0 Å². The van der Waals surface area contributed by atoms with Crippen LogP contribution in [0.4, 0.5) is 26.2 Å². The van der Waals surface area contributed by atoms with Crippen LogP contribution in [0.25, 0.3) is 0 Å². The number of urea groups is 1. The number of carbonyl (C=O) groups is 1. The maximum atomic E-state index is 13.7. The summed E-state index contributed by atoms with van der Waals surface area (Å²) in [5.74, 6) is -0.311. The Hall–Kier alpha value is -2.56. The predicted octanol–water partition coefficient (Wildman–Crippen LogP) is 4.16. The number of aryl methyl sites for hydroxylation is 1. The zero-order valence-corrected chi connectivity index (χ0v) is 13.6. The number of nitrogens with one attached hydrogen (secondary N) is 1. The number of fused-ring (bicyclic) bond motifs is 3. The number of carbonyl (C=O) groups excluding carboxylic acids is 1. The smallest absolute Gasteiger partial charge is 0.326 e. The summed E-state index contributed by atoms with van der Waals surface area (Å²) in [6.07, 6.45) is 2.24. The van der Waals surface area contributed by atoms with Gasteiger partial charge in [0, 0.05) is 24.8 Å². The van der Waals surface area contributed by atoms with E-state index in [0.717, 1.165) is 30.8 Å². The van der Waals surface area contributed by atoms with Crippen LogP contribution in [0.15, 0.2) is 42.5 Å². The Morgan fingerprint density at radius 2 is 2.00 bits per heavy atom. The fourth-order valence-electron chi connectivity index (χ4n) is 3.64. The molecule has 1 saturated heterocycles. The number of amides is 2. The highest BCUT2D eigenvalue weighted by Crippen LogP contribution is 2.39. The topological polar surface area (TPSA) is 35.6 Å². The average Bonchev–Trinajstić information content (AvgIpc) is 3.06. The van der Waals surface area contributed by atoms with Crippen LogP contribution in [0.2, 0.25) is 0 Å². The van der Waals surface area contributed by atoms with Crippen LogP contribution < -0.4 is 15.1 Å². The highest BCUT2D eigenvalue weighted by atomic mass is 19.1. The Balaban J connectivity index is 1.62. The molecule has 2 aromatic carbocycles. The van der Waals surface area contributed by atoms with Crippen molar-refractivity contribution in [2.24, 2.45) is 0 Å². The number of hydrogen-bond donors (Lipinski definition) is 1. The van der Waals surface area contributed by atoms with Crippen LogP contribution in [0.1, 0.15) is 18.4 Å². The Bertz CT molecular complexity index is 792. The molecule has 0 saturated carbocycles. The molecule has 2 aliphatic rings. The van der Waals surface area contributed by atoms with Crippen molar-refractivity contribution in [3.05, 3.63) is 53.8 Å². The van der Waals surface area contributed by atoms with E-state index in [2.05, 4.69) is 16.3 Å². The van der Waals surface area contributed by atoms with Crippen LogP contribution in [0, 0.1) is 12.7 Å². The van der Waals surface area contributed by atoms with Crippen LogP contribution in [-0.4, -0.2) is 25.2 Å². The molecule has 4 rings (SSSR count). The van der Waals surface area contributed by atoms with Crippen LogP contribution in [0.5, 0.6) is 0 Å². The summed E-state index contributed by atoms with van der Waals surface area (Å²) in [5, 5.41) is 2.83. The highest BCUT2D eigenvalue weighted by molar-refractivity contribution is 6.04. The maximum Gasteiger partial charge on any atom is 0.326 e. The molecular weight excluding hydrogens is 305 g/mol. The standard InChI is InChI=1S/C19H20FN3O/c1-13-8-9-14(11-16(13)20)21-19(24)23-12-15-5-4-10-22(15)17-6-2-3-7-18(17)23/h2-3,6-9,11,15H,4-5,10,12H2,1H3,(H,21,24)/t15-/m0/s1. The molecule has 124 valence electrons. The fraction of sp³-hybridized carbons (Fsp3) is 0.316. The molecule has 0 aliphatic carbocycles. The lowest BCUT2D eigenvalue weighted by Crippen LogP contribution is -2.49. The summed E-state index contributed by atoms with van der Waals surface area (Å²) in [5.41, 5.74) is 3.07. The second-order valence-corrected chi connectivity index (χ2v) is 6.48. The summed E-state index contributed by atoms with van der Waals surface area (Å²) < 4.78 is 13.7. The van der Waals surface area contributed by atoms with E-state index in [-0.39, 0.29) is 11.8 Å². The Morgan fingerprint density at radius 1 is 1.21 bits per heavy atom. The van der Waals surface area contributed by atoms with Gasteiger partial charge in [-0.05, 0) is 49.6 Å². The normalized spacial score (nSPS) is 19.0. The van der Waals surface area contributed by atoms with E-state index in [1.807, 2.05) is 18.2 Å². The first kappa shape index (κ1) is 15.0. The van der Waals surface area contributed by atoms with Crippen molar-refractivity contribution in [1.82, 2.24) is 0 Å². The minimum atomic E-state index is -0.311. The molecule has 4 nitrogen and oxygen atoms in total. The quantitative estimate of drug-likeness (QED) is 0.855. The third-order valence-corrected chi connectivity index (χ3v) is 4.92. The van der Waals surface area contributed by atoms with Gasteiger partial charge in [0.1, 0.15) is 5.82 Å². The highest BCUT2D eigenvalue weighted by Gasteiger charge is 2.36. The zero-order chi connectivity index (χ0) is 16.7. The number of para-hydroxylation sites is 2. The Kier molecular flexibility index (Phi) is 3.63. The minimum absolute atomic E-state index is 0.211. The molecule has 5 heteroatoms. The lowest BCUT2D eigenvalue weighted by molar-refractivity contribution is 0.256. The number of benzene rings is 2. The molecule has 0 unspecified atom stereocenters. The molecule has 1 N–H and O–H groups in total. The van der Waals surface area contributed by atoms with E-state index >= 15 is 0 Å². The van der Waals surface area contributed by atoms with Gasteiger partial charge in [0.25, 0.3) is 0 Å². The number of anilines is 3. The molecule has 24 heavy (non-hydrogen) atoms. The summed E-state index contributed by atoms with van der Waals surface area (Å²) >= 11 is 0. The van der Waals surface area contributed by atoms with E-state index in [1.165, 1.54) is 6.07 Å². The molecular formula is C19H20FN3O. The minimum Gasteiger partial charge on any atom is -0.365 e. The third kappa shape index (κ3) is 2.50. The van der Waals surface area contributed by atoms with E-state index in [4.69, 9.17) is 0 Å². The predicted molar refractivity (Wildman–Crippen MR) is 94.3 cm³/mol. The van der Waals surface area contributed by atoms with E-state index in [1.54, 1.807) is 24.0 Å². The van der Waals surface area contributed by atoms with Crippen molar-refractivity contribution in [1.29, 1.82) is 0 Å². The first-order valence-corrected chi connectivity index (χ1v) is 8.34. The van der Waals surface area contributed by atoms with Crippen molar-refractivity contribution in [3.8, 4) is 0 Å². The summed E-state index contributed by atoms with van der Waals surface area (Å²) in [7, 11) is 0. The average molecular weight is 325 g/mol. The summed E-state index contributed by atoms with van der Waals surface area (Å²) in [6.45, 7) is 3.41. The van der Waals surface area contributed by atoms with Crippen LogP contribution >= 0.6 is 0 Å². The van der Waals surface area contributed by atoms with Gasteiger partial charge in [0.05, 0.1) is 11.4 Å². The second-order valence-electron chi connectivity index (χ2n) is 6.48. The molecule has 2 heterocycles. The number of halogens is 1. The van der Waals surface area contributed by atoms with Crippen molar-refractivity contribution in [2.45, 2.75) is 25.8 Å². The lowest BCUT2D eigenvalue weighted by atomic mass is 10.1. The molecule has 0 aromatic heterocycles. The van der Waals surface area contributed by atoms with Crippen molar-refractivity contribution < 1.29 is 9.18 Å². The number of nitrogens with zero attached hydrogens (tertiary/aromatic N) is 2. The summed E-state index contributed by atoms with van der Waals surface area (Å²) in [4.78, 5) is 17.0. The first-order chi connectivity index (χ1) is 11.6. The second kappa shape index (κ2) is 5.82. The van der Waals surface area contributed by atoms with Gasteiger partial charge in [-0.15, -0.1) is 0 Å². The van der Waals surface area contributed by atoms with E-state index in [0.29, 0.717) is 23.8 Å². The number of hydrogen-bond acceptors (Lipinski definition) is 2. The largest absolute Gasteiger partial charge is 0.365 e. The van der Waals surface area contributed by atoms with Gasteiger partial charge < -0.3 is 10.2 Å². The SMILES string of the molecule is Cc1ccc(NC(=O)N2C[C@@H]3CCCN3c3ccccc32)cc1F. The Morgan fingerprint density at radius 3 is 2.79 bits per heavy atom. The van der Waals surface area contributed by atoms with Gasteiger partial charge in [-0.3, -0.25) is 4.90 Å². The van der Waals surface area contributed by atoms with Gasteiger partial charge in [-0.25, -0.2) is 9.18 Å². The molecule has 1 fully saturated rings. The molecule has 0 bridgehead atoms. The third-order valence-electron chi connectivity index (χ3n) is 4.92. The van der Waals surface area contributed by atoms with Gasteiger partial charge in [-0.1, -0.05) is 18.2 Å². The van der Waals surface area contributed by atoms with Crippen molar-refractivity contribution >= 4 is 23.1 Å². The lowest BCUT2D eigenvalue weighted by Gasteiger charge is -2.40. The number of rotatable bonds is 1. The van der Waals surface area contributed by atoms with Gasteiger partial charge in [0.15, 0.2) is 0 Å². The van der Waals surface area contributed by atoms with Crippen LogP contribution in [-0.2, 0) is 0 Å². The van der Waals surface area contributed by atoms with Gasteiger partial charge >= 0.3 is 6.03 Å². The molecule has 1 atom stereocenters. The van der Waals surface area contributed by atoms with Gasteiger partial charge in [-0.2, -0.15) is 0 Å². The van der Waals surface area contributed by atoms with E-state index in [9.17, 15) is 9.18 Å². The Labute approximate surface area is 140 Å². The van der Waals surface area contributed by atoms with Crippen molar-refractivity contribution in [2.75, 3.05) is 28.2 Å². The van der Waals surface area contributed by atoms with E-state index < -0.39 is 0 Å². The summed E-state index contributed by atoms with van der Waals surface area (Å²) in [6, 6.07) is 12.9. The first-order valence-electron chi connectivity index (χ1n) is 8.34. The molecule has 0 radical (unpaired) electrons. The molecule has 2 aliphatic heterocycles. The molecule has 0 spiro atoms. The molecule has 2 aromatic rings.